The Hall–Kier alpha value is -2.77. The molecule has 2 aromatic heterocycles. The van der Waals surface area contributed by atoms with Crippen LogP contribution in [-0.4, -0.2) is 15.3 Å². The molecule has 0 bridgehead atoms. The second kappa shape index (κ2) is 5.94. The van der Waals surface area contributed by atoms with Crippen LogP contribution in [-0.2, 0) is 0 Å². The molecule has 25 heavy (non-hydrogen) atoms. The van der Waals surface area contributed by atoms with Gasteiger partial charge in [-0.3, -0.25) is 14.0 Å². The number of rotatable bonds is 2. The molecule has 124 valence electrons. The summed E-state index contributed by atoms with van der Waals surface area (Å²) in [5.41, 5.74) is 2.55. The van der Waals surface area contributed by atoms with Crippen molar-refractivity contribution < 1.29 is 4.79 Å². The van der Waals surface area contributed by atoms with Gasteiger partial charge in [0.2, 0.25) is 0 Å². The number of aromatic amines is 1. The zero-order chi connectivity index (χ0) is 17.6. The molecule has 7 heteroatoms. The molecule has 0 aliphatic carbocycles. The molecule has 0 aliphatic rings. The van der Waals surface area contributed by atoms with Crippen molar-refractivity contribution >= 4 is 51.7 Å². The van der Waals surface area contributed by atoms with Gasteiger partial charge in [-0.2, -0.15) is 0 Å². The fourth-order valence-corrected chi connectivity index (χ4v) is 4.05. The van der Waals surface area contributed by atoms with Crippen molar-refractivity contribution in [3.63, 3.8) is 0 Å². The molecule has 2 aromatic carbocycles. The molecule has 4 rings (SSSR count). The standard InChI is InChI=1S/C18H13N3O2S2/c1-10-7-8-13-12(9-10)16(22)20-15-14(25-18(24)21(13)15)17(23)19-11-5-3-2-4-6-11/h2-9H,1H3,(H,19,23)(H,20,22). The van der Waals surface area contributed by atoms with Gasteiger partial charge in [0, 0.05) is 5.69 Å². The highest BCUT2D eigenvalue weighted by Gasteiger charge is 2.18. The first kappa shape index (κ1) is 15.7. The third kappa shape index (κ3) is 2.67. The quantitative estimate of drug-likeness (QED) is 0.524. The highest BCUT2D eigenvalue weighted by atomic mass is 32.1. The van der Waals surface area contributed by atoms with Crippen LogP contribution in [0.15, 0.2) is 53.3 Å². The van der Waals surface area contributed by atoms with Gasteiger partial charge < -0.3 is 10.3 Å². The molecular formula is C18H13N3O2S2. The lowest BCUT2D eigenvalue weighted by atomic mass is 10.1. The Morgan fingerprint density at radius 2 is 1.96 bits per heavy atom. The van der Waals surface area contributed by atoms with Gasteiger partial charge in [-0.05, 0) is 43.4 Å². The number of hydrogen-bond donors (Lipinski definition) is 2. The number of hydrogen-bond acceptors (Lipinski definition) is 4. The molecule has 0 fully saturated rings. The van der Waals surface area contributed by atoms with Gasteiger partial charge in [0.05, 0.1) is 10.9 Å². The number of nitrogens with zero attached hydrogens (tertiary/aromatic N) is 1. The van der Waals surface area contributed by atoms with Crippen molar-refractivity contribution in [2.45, 2.75) is 6.92 Å². The molecular weight excluding hydrogens is 354 g/mol. The van der Waals surface area contributed by atoms with E-state index in [0.717, 1.165) is 5.56 Å². The molecule has 0 saturated carbocycles. The lowest BCUT2D eigenvalue weighted by Crippen LogP contribution is -2.15. The number of thiazole rings is 1. The minimum atomic E-state index is -0.299. The van der Waals surface area contributed by atoms with E-state index >= 15 is 0 Å². The van der Waals surface area contributed by atoms with Crippen molar-refractivity contribution in [1.29, 1.82) is 0 Å². The van der Waals surface area contributed by atoms with Crippen molar-refractivity contribution in [1.82, 2.24) is 9.38 Å². The summed E-state index contributed by atoms with van der Waals surface area (Å²) >= 11 is 6.62. The van der Waals surface area contributed by atoms with Crippen LogP contribution in [0.5, 0.6) is 0 Å². The third-order valence-corrected chi connectivity index (χ3v) is 5.29. The second-order valence-electron chi connectivity index (χ2n) is 5.68. The Balaban J connectivity index is 1.93. The fourth-order valence-electron chi connectivity index (χ4n) is 2.77. The monoisotopic (exact) mass is 367 g/mol. The maximum absolute atomic E-state index is 12.7. The fraction of sp³-hybridized carbons (Fsp3) is 0.0556. The Labute approximate surface area is 151 Å². The van der Waals surface area contributed by atoms with E-state index in [4.69, 9.17) is 12.2 Å². The summed E-state index contributed by atoms with van der Waals surface area (Å²) in [6.45, 7) is 1.93. The van der Waals surface area contributed by atoms with Gasteiger partial charge in [-0.1, -0.05) is 41.2 Å². The van der Waals surface area contributed by atoms with Crippen molar-refractivity contribution in [2.75, 3.05) is 5.32 Å². The number of anilines is 1. The summed E-state index contributed by atoms with van der Waals surface area (Å²) in [5.74, 6) is -0.299. The van der Waals surface area contributed by atoms with Crippen molar-refractivity contribution in [2.24, 2.45) is 0 Å². The summed E-state index contributed by atoms with van der Waals surface area (Å²) in [7, 11) is 0. The zero-order valence-electron chi connectivity index (χ0n) is 13.2. The first-order valence-corrected chi connectivity index (χ1v) is 8.81. The number of aromatic nitrogens is 2. The van der Waals surface area contributed by atoms with Crippen LogP contribution < -0.4 is 10.9 Å². The molecule has 0 aliphatic heterocycles. The molecule has 0 unspecified atom stereocenters. The number of nitrogens with one attached hydrogen (secondary N) is 2. The highest BCUT2D eigenvalue weighted by molar-refractivity contribution is 7.73. The van der Waals surface area contributed by atoms with E-state index in [-0.39, 0.29) is 11.5 Å². The summed E-state index contributed by atoms with van der Waals surface area (Å²) in [5, 5.41) is 3.38. The molecule has 1 amide bonds. The Morgan fingerprint density at radius 3 is 2.72 bits per heavy atom. The number of benzene rings is 2. The molecule has 0 radical (unpaired) electrons. The molecule has 2 heterocycles. The van der Waals surface area contributed by atoms with Crippen LogP contribution in [0.1, 0.15) is 15.2 Å². The Morgan fingerprint density at radius 1 is 1.20 bits per heavy atom. The van der Waals surface area contributed by atoms with E-state index in [1.807, 2.05) is 43.3 Å². The number of carbonyl (C=O) groups excluding carboxylic acids is 1. The zero-order valence-corrected chi connectivity index (χ0v) is 14.8. The summed E-state index contributed by atoms with van der Waals surface area (Å²) in [6, 6.07) is 14.8. The average molecular weight is 367 g/mol. The predicted molar refractivity (Wildman–Crippen MR) is 103 cm³/mol. The minimum Gasteiger partial charge on any atom is -0.321 e. The summed E-state index contributed by atoms with van der Waals surface area (Å²) < 4.78 is 2.26. The van der Waals surface area contributed by atoms with Crippen LogP contribution in [0.2, 0.25) is 0 Å². The Bertz CT molecular complexity index is 1240. The van der Waals surface area contributed by atoms with Gasteiger partial charge in [-0.15, -0.1) is 0 Å². The van der Waals surface area contributed by atoms with Crippen LogP contribution in [0.3, 0.4) is 0 Å². The van der Waals surface area contributed by atoms with Gasteiger partial charge >= 0.3 is 0 Å². The highest BCUT2D eigenvalue weighted by Crippen LogP contribution is 2.24. The maximum Gasteiger partial charge on any atom is 0.269 e. The summed E-state index contributed by atoms with van der Waals surface area (Å²) in [6.07, 6.45) is 0. The largest absolute Gasteiger partial charge is 0.321 e. The minimum absolute atomic E-state index is 0.236. The van der Waals surface area contributed by atoms with Gasteiger partial charge in [0.15, 0.2) is 3.95 Å². The first-order chi connectivity index (χ1) is 12.0. The average Bonchev–Trinajstić information content (AvgIpc) is 2.93. The van der Waals surface area contributed by atoms with Crippen molar-refractivity contribution in [3.8, 4) is 0 Å². The van der Waals surface area contributed by atoms with E-state index in [1.54, 1.807) is 16.5 Å². The first-order valence-electron chi connectivity index (χ1n) is 7.59. The lowest BCUT2D eigenvalue weighted by molar-refractivity contribution is 0.103. The third-order valence-electron chi connectivity index (χ3n) is 3.92. The van der Waals surface area contributed by atoms with Crippen LogP contribution in [0.25, 0.3) is 16.6 Å². The van der Waals surface area contributed by atoms with Crippen LogP contribution in [0, 0.1) is 10.9 Å². The van der Waals surface area contributed by atoms with Gasteiger partial charge in [0.25, 0.3) is 11.5 Å². The molecule has 0 atom stereocenters. The van der Waals surface area contributed by atoms with E-state index < -0.39 is 0 Å². The van der Waals surface area contributed by atoms with E-state index in [0.29, 0.717) is 31.1 Å². The molecule has 2 N–H and O–H groups in total. The van der Waals surface area contributed by atoms with E-state index in [2.05, 4.69) is 10.3 Å². The molecule has 5 nitrogen and oxygen atoms in total. The topological polar surface area (TPSA) is 66.4 Å². The van der Waals surface area contributed by atoms with E-state index in [9.17, 15) is 9.59 Å². The SMILES string of the molecule is Cc1ccc2c(c1)c(=O)[nH]c1c(C(=O)Nc3ccccc3)sc(=S)n12. The number of fused-ring (bicyclic) bond motifs is 3. The second-order valence-corrected chi connectivity index (χ2v) is 7.32. The number of amides is 1. The Kier molecular flexibility index (Phi) is 3.74. The lowest BCUT2D eigenvalue weighted by Gasteiger charge is -2.05. The number of carbonyl (C=O) groups is 1. The summed E-state index contributed by atoms with van der Waals surface area (Å²) in [4.78, 5) is 28.3. The van der Waals surface area contributed by atoms with Crippen LogP contribution in [0.4, 0.5) is 5.69 Å². The molecule has 0 spiro atoms. The molecule has 4 aromatic rings. The maximum atomic E-state index is 12.7. The van der Waals surface area contributed by atoms with E-state index in [1.165, 1.54) is 11.3 Å². The number of H-pyrrole nitrogens is 1. The normalized spacial score (nSPS) is 11.1. The van der Waals surface area contributed by atoms with Gasteiger partial charge in [-0.25, -0.2) is 0 Å². The number of para-hydroxylation sites is 1. The van der Waals surface area contributed by atoms with Gasteiger partial charge in [0.1, 0.15) is 10.5 Å². The number of aryl methyl sites for hydroxylation is 1. The smallest absolute Gasteiger partial charge is 0.269 e. The van der Waals surface area contributed by atoms with Crippen molar-refractivity contribution in [3.05, 3.63) is 73.3 Å². The van der Waals surface area contributed by atoms with Crippen LogP contribution >= 0.6 is 23.6 Å². The molecule has 0 saturated heterocycles. The predicted octanol–water partition coefficient (Wildman–Crippen LogP) is 4.13.